The van der Waals surface area contributed by atoms with E-state index in [0.717, 1.165) is 11.3 Å². The van der Waals surface area contributed by atoms with Gasteiger partial charge in [-0.3, -0.25) is 9.48 Å². The van der Waals surface area contributed by atoms with Crippen molar-refractivity contribution in [1.82, 2.24) is 25.3 Å². The predicted octanol–water partition coefficient (Wildman–Crippen LogP) is 2.41. The lowest BCUT2D eigenvalue weighted by molar-refractivity contribution is -0.122. The van der Waals surface area contributed by atoms with E-state index in [2.05, 4.69) is 20.6 Å². The lowest BCUT2D eigenvalue weighted by atomic mass is 10.1. The maximum atomic E-state index is 12.1. The highest BCUT2D eigenvalue weighted by Gasteiger charge is 2.15. The number of nitrogens with zero attached hydrogens (tertiary/aromatic N) is 4. The molecule has 9 heteroatoms. The third-order valence-corrected chi connectivity index (χ3v) is 5.10. The molecule has 0 aliphatic heterocycles. The third kappa shape index (κ3) is 4.76. The molecule has 0 aliphatic rings. The van der Waals surface area contributed by atoms with Crippen molar-refractivity contribution in [2.24, 2.45) is 0 Å². The molecule has 0 radical (unpaired) electrons. The first kappa shape index (κ1) is 18.7. The number of aromatic carboxylic acids is 1. The van der Waals surface area contributed by atoms with Crippen LogP contribution in [0, 0.1) is 0 Å². The monoisotopic (exact) mass is 385 g/mol. The van der Waals surface area contributed by atoms with Gasteiger partial charge in [-0.05, 0) is 36.9 Å². The van der Waals surface area contributed by atoms with E-state index in [9.17, 15) is 9.59 Å². The number of amides is 1. The summed E-state index contributed by atoms with van der Waals surface area (Å²) in [6.45, 7) is 3.06. The second-order valence-corrected chi connectivity index (χ2v) is 6.97. The van der Waals surface area contributed by atoms with E-state index in [1.807, 2.05) is 24.4 Å². The molecule has 0 bridgehead atoms. The first-order chi connectivity index (χ1) is 13.0. The Hall–Kier alpha value is -3.07. The molecule has 1 atom stereocenters. The predicted molar refractivity (Wildman–Crippen MR) is 101 cm³/mol. The molecule has 1 unspecified atom stereocenters. The topological polar surface area (TPSA) is 110 Å². The van der Waals surface area contributed by atoms with Gasteiger partial charge in [-0.2, -0.15) is 0 Å². The van der Waals surface area contributed by atoms with E-state index in [1.165, 1.54) is 12.3 Å². The van der Waals surface area contributed by atoms with Crippen LogP contribution in [0.2, 0.25) is 0 Å². The van der Waals surface area contributed by atoms with Crippen LogP contribution in [0.1, 0.15) is 34.6 Å². The molecule has 3 rings (SSSR count). The first-order valence-corrected chi connectivity index (χ1v) is 9.33. The van der Waals surface area contributed by atoms with Crippen molar-refractivity contribution >= 4 is 23.2 Å². The van der Waals surface area contributed by atoms with Crippen molar-refractivity contribution in [1.29, 1.82) is 0 Å². The number of carbonyl (C=O) groups is 2. The number of hydrogen-bond acceptors (Lipinski definition) is 6. The number of carboxylic acid groups (broad SMARTS) is 1. The van der Waals surface area contributed by atoms with E-state index in [4.69, 9.17) is 5.11 Å². The van der Waals surface area contributed by atoms with Crippen LogP contribution in [0.3, 0.4) is 0 Å². The molecular weight excluding hydrogens is 366 g/mol. The van der Waals surface area contributed by atoms with Crippen LogP contribution in [0.4, 0.5) is 0 Å². The molecule has 27 heavy (non-hydrogen) atoms. The van der Waals surface area contributed by atoms with Crippen LogP contribution in [0.25, 0.3) is 11.3 Å². The van der Waals surface area contributed by atoms with Crippen molar-refractivity contribution < 1.29 is 14.7 Å². The van der Waals surface area contributed by atoms with Gasteiger partial charge in [0, 0.05) is 29.7 Å². The van der Waals surface area contributed by atoms with Crippen LogP contribution in [-0.2, 0) is 11.3 Å². The Balaban J connectivity index is 1.47. The zero-order chi connectivity index (χ0) is 19.2. The molecule has 2 N–H and O–H groups in total. The number of nitrogens with one attached hydrogen (secondary N) is 1. The minimum atomic E-state index is -1.07. The summed E-state index contributed by atoms with van der Waals surface area (Å²) in [5.74, 6) is -1.20. The molecule has 3 aromatic rings. The molecule has 0 saturated carbocycles. The quantitative estimate of drug-likeness (QED) is 0.576. The largest absolute Gasteiger partial charge is 0.477 e. The minimum Gasteiger partial charge on any atom is -0.477 e. The molecule has 0 spiro atoms. The Morgan fingerprint density at radius 2 is 2.19 bits per heavy atom. The van der Waals surface area contributed by atoms with Gasteiger partial charge >= 0.3 is 5.97 Å². The zero-order valence-corrected chi connectivity index (χ0v) is 15.5. The third-order valence-electron chi connectivity index (χ3n) is 4.04. The van der Waals surface area contributed by atoms with Gasteiger partial charge in [-0.25, -0.2) is 9.78 Å². The fourth-order valence-electron chi connectivity index (χ4n) is 2.48. The average molecular weight is 385 g/mol. The Labute approximate surface area is 159 Å². The van der Waals surface area contributed by atoms with Crippen LogP contribution in [0.15, 0.2) is 42.0 Å². The van der Waals surface area contributed by atoms with Gasteiger partial charge in [0.15, 0.2) is 0 Å². The molecule has 0 saturated heterocycles. The van der Waals surface area contributed by atoms with Crippen molar-refractivity contribution in [2.45, 2.75) is 25.8 Å². The average Bonchev–Trinajstić information content (AvgIpc) is 3.36. The molecule has 3 aromatic heterocycles. The van der Waals surface area contributed by atoms with Crippen LogP contribution >= 0.6 is 11.3 Å². The summed E-state index contributed by atoms with van der Waals surface area (Å²) in [5, 5.41) is 21.9. The van der Waals surface area contributed by atoms with Gasteiger partial charge in [0.25, 0.3) is 0 Å². The molecule has 140 valence electrons. The number of aromatic nitrogens is 4. The van der Waals surface area contributed by atoms with E-state index >= 15 is 0 Å². The van der Waals surface area contributed by atoms with E-state index in [1.54, 1.807) is 28.3 Å². The number of aryl methyl sites for hydroxylation is 1. The lowest BCUT2D eigenvalue weighted by Crippen LogP contribution is -2.29. The lowest BCUT2D eigenvalue weighted by Gasteiger charge is -2.10. The van der Waals surface area contributed by atoms with E-state index < -0.39 is 5.97 Å². The Bertz CT molecular complexity index is 905. The fourth-order valence-corrected chi connectivity index (χ4v) is 3.27. The summed E-state index contributed by atoms with van der Waals surface area (Å²) in [6, 6.07) is 6.98. The zero-order valence-electron chi connectivity index (χ0n) is 14.7. The normalized spacial score (nSPS) is 11.9. The molecule has 3 heterocycles. The smallest absolute Gasteiger partial charge is 0.354 e. The highest BCUT2D eigenvalue weighted by Crippen LogP contribution is 2.20. The van der Waals surface area contributed by atoms with Gasteiger partial charge in [0.05, 0.1) is 12.1 Å². The molecule has 0 aliphatic carbocycles. The van der Waals surface area contributed by atoms with Crippen LogP contribution < -0.4 is 5.32 Å². The van der Waals surface area contributed by atoms with Gasteiger partial charge in [0.1, 0.15) is 11.4 Å². The highest BCUT2D eigenvalue weighted by molar-refractivity contribution is 7.10. The number of thiophene rings is 1. The number of pyridine rings is 1. The van der Waals surface area contributed by atoms with Crippen molar-refractivity contribution in [3.05, 3.63) is 52.6 Å². The Kier molecular flexibility index (Phi) is 5.92. The number of carbonyl (C=O) groups excluding carboxylic acids is 1. The van der Waals surface area contributed by atoms with Crippen molar-refractivity contribution in [2.75, 3.05) is 6.54 Å². The molecule has 1 amide bonds. The van der Waals surface area contributed by atoms with Gasteiger partial charge < -0.3 is 10.4 Å². The second-order valence-electron chi connectivity index (χ2n) is 5.99. The molecule has 8 nitrogen and oxygen atoms in total. The number of rotatable bonds is 8. The fraction of sp³-hybridized carbons (Fsp3) is 0.278. The first-order valence-electron chi connectivity index (χ1n) is 8.45. The second kappa shape index (κ2) is 8.54. The number of hydrogen-bond donors (Lipinski definition) is 2. The molecule has 0 aromatic carbocycles. The van der Waals surface area contributed by atoms with Crippen molar-refractivity contribution in [3.63, 3.8) is 0 Å². The summed E-state index contributed by atoms with van der Waals surface area (Å²) in [5.41, 5.74) is 1.30. The van der Waals surface area contributed by atoms with Gasteiger partial charge in [0.2, 0.25) is 5.91 Å². The maximum absolute atomic E-state index is 12.1. The number of carboxylic acids is 1. The Morgan fingerprint density at radius 3 is 2.85 bits per heavy atom. The highest BCUT2D eigenvalue weighted by atomic mass is 32.1. The summed E-state index contributed by atoms with van der Waals surface area (Å²) in [6.07, 6.45) is 3.96. The maximum Gasteiger partial charge on any atom is 0.354 e. The molecular formula is C18H19N5O3S. The van der Waals surface area contributed by atoms with Gasteiger partial charge in [-0.15, -0.1) is 16.4 Å². The minimum absolute atomic E-state index is 0.0151. The summed E-state index contributed by atoms with van der Waals surface area (Å²) in [7, 11) is 0. The molecule has 0 fully saturated rings. The van der Waals surface area contributed by atoms with Gasteiger partial charge in [-0.1, -0.05) is 11.3 Å². The van der Waals surface area contributed by atoms with Crippen molar-refractivity contribution in [3.8, 4) is 11.3 Å². The summed E-state index contributed by atoms with van der Waals surface area (Å²) >= 11 is 1.58. The SMILES string of the molecule is CC(C(=O)NCCCn1cc(-c2ccc(C(=O)O)nc2)nn1)c1cccs1. The summed E-state index contributed by atoms with van der Waals surface area (Å²) < 4.78 is 1.69. The van der Waals surface area contributed by atoms with E-state index in [-0.39, 0.29) is 17.5 Å². The standard InChI is InChI=1S/C18H19N5O3S/c1-12(16-4-2-9-27-16)17(24)19-7-3-8-23-11-15(21-22-23)13-5-6-14(18(25)26)20-10-13/h2,4-6,9-12H,3,7-8H2,1H3,(H,19,24)(H,25,26). The van der Waals surface area contributed by atoms with E-state index in [0.29, 0.717) is 24.3 Å². The summed E-state index contributed by atoms with van der Waals surface area (Å²) in [4.78, 5) is 27.9. The Morgan fingerprint density at radius 1 is 1.33 bits per heavy atom. The van der Waals surface area contributed by atoms with Crippen LogP contribution in [-0.4, -0.2) is 43.5 Å². The van der Waals surface area contributed by atoms with Crippen LogP contribution in [0.5, 0.6) is 0 Å².